The fourth-order valence-corrected chi connectivity index (χ4v) is 3.51. The number of aromatic amines is 1. The maximum absolute atomic E-state index is 12.6. The molecule has 0 saturated carbocycles. The maximum atomic E-state index is 12.6. The van der Waals surface area contributed by atoms with E-state index in [4.69, 9.17) is 9.47 Å². The lowest BCUT2D eigenvalue weighted by Gasteiger charge is -2.30. The van der Waals surface area contributed by atoms with E-state index in [9.17, 15) is 9.59 Å². The fraction of sp³-hybridized carbons (Fsp3) is 0.450. The first kappa shape index (κ1) is 19.3. The highest BCUT2D eigenvalue weighted by molar-refractivity contribution is 5.89. The van der Waals surface area contributed by atoms with E-state index in [1.54, 1.807) is 17.0 Å². The Kier molecular flexibility index (Phi) is 5.66. The van der Waals surface area contributed by atoms with E-state index < -0.39 is 0 Å². The molecule has 2 aromatic rings. The monoisotopic (exact) mass is 399 g/mol. The van der Waals surface area contributed by atoms with E-state index in [1.807, 2.05) is 24.0 Å². The van der Waals surface area contributed by atoms with Crippen molar-refractivity contribution in [1.82, 2.24) is 14.9 Å². The number of carbonyl (C=O) groups is 1. The van der Waals surface area contributed by atoms with Crippen molar-refractivity contribution < 1.29 is 14.3 Å². The molecule has 2 aliphatic heterocycles. The van der Waals surface area contributed by atoms with Crippen LogP contribution in [0.15, 0.2) is 29.1 Å². The standard InChI is InChI=1S/C20H25N5O4/c1-2-29-15-5-3-14(4-6-15)21-20(27)25-8-7-17-16(13-25)18(26)23-19(22-17)24-9-11-28-12-10-24/h3-6H,2,7-13H2,1H3,(H,21,27)(H,22,23,26). The van der Waals surface area contributed by atoms with Gasteiger partial charge in [-0.05, 0) is 31.2 Å². The van der Waals surface area contributed by atoms with Gasteiger partial charge in [-0.25, -0.2) is 9.78 Å². The second kappa shape index (κ2) is 8.52. The average molecular weight is 399 g/mol. The molecule has 1 aromatic carbocycles. The van der Waals surface area contributed by atoms with Gasteiger partial charge in [0.2, 0.25) is 5.95 Å². The van der Waals surface area contributed by atoms with Crippen molar-refractivity contribution in [1.29, 1.82) is 0 Å². The summed E-state index contributed by atoms with van der Waals surface area (Å²) >= 11 is 0. The highest BCUT2D eigenvalue weighted by Crippen LogP contribution is 2.20. The van der Waals surface area contributed by atoms with Gasteiger partial charge in [-0.2, -0.15) is 0 Å². The number of nitrogens with one attached hydrogen (secondary N) is 2. The Morgan fingerprint density at radius 1 is 1.24 bits per heavy atom. The number of morpholine rings is 1. The summed E-state index contributed by atoms with van der Waals surface area (Å²) in [6.45, 7) is 5.93. The van der Waals surface area contributed by atoms with E-state index in [-0.39, 0.29) is 18.1 Å². The maximum Gasteiger partial charge on any atom is 0.322 e. The van der Waals surface area contributed by atoms with Crippen molar-refractivity contribution in [2.24, 2.45) is 0 Å². The molecule has 1 aromatic heterocycles. The van der Waals surface area contributed by atoms with Crippen LogP contribution in [0.1, 0.15) is 18.2 Å². The molecule has 2 aliphatic rings. The molecule has 0 unspecified atom stereocenters. The van der Waals surface area contributed by atoms with Crippen LogP contribution in [0, 0.1) is 0 Å². The molecule has 9 nitrogen and oxygen atoms in total. The second-order valence-electron chi connectivity index (χ2n) is 6.97. The Bertz CT molecular complexity index is 921. The number of fused-ring (bicyclic) bond motifs is 1. The second-order valence-corrected chi connectivity index (χ2v) is 6.97. The van der Waals surface area contributed by atoms with Gasteiger partial charge in [0, 0.05) is 31.7 Å². The number of anilines is 2. The summed E-state index contributed by atoms with van der Waals surface area (Å²) in [7, 11) is 0. The summed E-state index contributed by atoms with van der Waals surface area (Å²) in [5, 5.41) is 2.87. The Hall–Kier alpha value is -3.07. The number of ether oxygens (including phenoxy) is 2. The minimum Gasteiger partial charge on any atom is -0.494 e. The van der Waals surface area contributed by atoms with Crippen LogP contribution < -0.4 is 20.5 Å². The Morgan fingerprint density at radius 2 is 2.00 bits per heavy atom. The van der Waals surface area contributed by atoms with Crippen molar-refractivity contribution in [2.75, 3.05) is 49.7 Å². The summed E-state index contributed by atoms with van der Waals surface area (Å²) in [6, 6.07) is 6.98. The average Bonchev–Trinajstić information content (AvgIpc) is 2.75. The van der Waals surface area contributed by atoms with Crippen LogP contribution in [0.25, 0.3) is 0 Å². The lowest BCUT2D eigenvalue weighted by atomic mass is 10.1. The molecule has 0 aliphatic carbocycles. The molecule has 0 radical (unpaired) electrons. The van der Waals surface area contributed by atoms with E-state index in [2.05, 4.69) is 15.3 Å². The topological polar surface area (TPSA) is 99.8 Å². The first-order chi connectivity index (χ1) is 14.1. The number of amides is 2. The van der Waals surface area contributed by atoms with Crippen LogP contribution in [0.4, 0.5) is 16.4 Å². The summed E-state index contributed by atoms with van der Waals surface area (Å²) in [4.78, 5) is 36.4. The third kappa shape index (κ3) is 4.34. The number of hydrogen-bond acceptors (Lipinski definition) is 6. The van der Waals surface area contributed by atoms with Gasteiger partial charge >= 0.3 is 6.03 Å². The van der Waals surface area contributed by atoms with Crippen molar-refractivity contribution >= 4 is 17.7 Å². The number of urea groups is 1. The SMILES string of the molecule is CCOc1ccc(NC(=O)N2CCc3nc(N4CCOCC4)[nH]c(=O)c3C2)cc1. The zero-order chi connectivity index (χ0) is 20.2. The Labute approximate surface area is 168 Å². The zero-order valence-corrected chi connectivity index (χ0v) is 16.4. The summed E-state index contributed by atoms with van der Waals surface area (Å²) in [5.74, 6) is 1.34. The molecule has 154 valence electrons. The smallest absolute Gasteiger partial charge is 0.322 e. The van der Waals surface area contributed by atoms with Crippen LogP contribution >= 0.6 is 0 Å². The number of aromatic nitrogens is 2. The zero-order valence-electron chi connectivity index (χ0n) is 16.4. The van der Waals surface area contributed by atoms with Gasteiger partial charge in [-0.15, -0.1) is 0 Å². The van der Waals surface area contributed by atoms with Crippen LogP contribution in [0.5, 0.6) is 5.75 Å². The third-order valence-electron chi connectivity index (χ3n) is 5.07. The molecule has 3 heterocycles. The van der Waals surface area contributed by atoms with Gasteiger partial charge in [0.25, 0.3) is 5.56 Å². The van der Waals surface area contributed by atoms with Crippen molar-refractivity contribution in [3.63, 3.8) is 0 Å². The molecule has 2 amide bonds. The van der Waals surface area contributed by atoms with Gasteiger partial charge in [0.05, 0.1) is 37.6 Å². The number of H-pyrrole nitrogens is 1. The van der Waals surface area contributed by atoms with Gasteiger partial charge < -0.3 is 24.6 Å². The molecule has 1 saturated heterocycles. The Balaban J connectivity index is 1.43. The normalized spacial score (nSPS) is 16.3. The molecule has 0 bridgehead atoms. The molecular formula is C20H25N5O4. The number of carbonyl (C=O) groups excluding carboxylic acids is 1. The minimum atomic E-state index is -0.239. The first-order valence-corrected chi connectivity index (χ1v) is 9.87. The Morgan fingerprint density at radius 3 is 2.72 bits per heavy atom. The molecule has 2 N–H and O–H groups in total. The molecule has 9 heteroatoms. The lowest BCUT2D eigenvalue weighted by molar-refractivity contribution is 0.122. The molecule has 4 rings (SSSR count). The predicted octanol–water partition coefficient (Wildman–Crippen LogP) is 1.60. The van der Waals surface area contributed by atoms with Gasteiger partial charge in [0.15, 0.2) is 0 Å². The van der Waals surface area contributed by atoms with Gasteiger partial charge in [-0.1, -0.05) is 0 Å². The van der Waals surface area contributed by atoms with Crippen LogP contribution in [0.3, 0.4) is 0 Å². The largest absolute Gasteiger partial charge is 0.494 e. The number of hydrogen-bond donors (Lipinski definition) is 2. The van der Waals surface area contributed by atoms with Crippen molar-refractivity contribution in [2.45, 2.75) is 19.9 Å². The molecule has 1 fully saturated rings. The molecule has 0 spiro atoms. The predicted molar refractivity (Wildman–Crippen MR) is 109 cm³/mol. The first-order valence-electron chi connectivity index (χ1n) is 9.87. The molecule has 29 heavy (non-hydrogen) atoms. The minimum absolute atomic E-state index is 0.185. The summed E-state index contributed by atoms with van der Waals surface area (Å²) in [5.41, 5.74) is 1.81. The van der Waals surface area contributed by atoms with Crippen molar-refractivity contribution in [3.05, 3.63) is 45.9 Å². The summed E-state index contributed by atoms with van der Waals surface area (Å²) < 4.78 is 10.8. The molecule has 0 atom stereocenters. The van der Waals surface area contributed by atoms with Crippen LogP contribution in [0.2, 0.25) is 0 Å². The number of rotatable bonds is 4. The van der Waals surface area contributed by atoms with Gasteiger partial charge in [0.1, 0.15) is 5.75 Å². The lowest BCUT2D eigenvalue weighted by Crippen LogP contribution is -2.43. The van der Waals surface area contributed by atoms with Crippen LogP contribution in [-0.2, 0) is 17.7 Å². The van der Waals surface area contributed by atoms with E-state index in [1.165, 1.54) is 0 Å². The third-order valence-corrected chi connectivity index (χ3v) is 5.07. The highest BCUT2D eigenvalue weighted by Gasteiger charge is 2.26. The van der Waals surface area contributed by atoms with E-state index in [0.29, 0.717) is 63.1 Å². The van der Waals surface area contributed by atoms with Gasteiger partial charge in [-0.3, -0.25) is 9.78 Å². The van der Waals surface area contributed by atoms with Crippen molar-refractivity contribution in [3.8, 4) is 5.75 Å². The quantitative estimate of drug-likeness (QED) is 0.810. The fourth-order valence-electron chi connectivity index (χ4n) is 3.51. The van der Waals surface area contributed by atoms with Crippen LogP contribution in [-0.4, -0.2) is 60.4 Å². The number of benzene rings is 1. The van der Waals surface area contributed by atoms with E-state index in [0.717, 1.165) is 11.4 Å². The number of nitrogens with zero attached hydrogens (tertiary/aromatic N) is 3. The molecular weight excluding hydrogens is 374 g/mol. The summed E-state index contributed by atoms with van der Waals surface area (Å²) in [6.07, 6.45) is 0.549. The highest BCUT2D eigenvalue weighted by atomic mass is 16.5. The van der Waals surface area contributed by atoms with E-state index >= 15 is 0 Å².